The molecule has 2 rings (SSSR count). The SMILES string of the molecule is CCC(c1ccccc1)C(Cc1cc(F)cc(Br)c1)NC. The third-order valence-corrected chi connectivity index (χ3v) is 4.36. The standard InChI is InChI=1S/C18H21BrFN/c1-3-17(14-7-5-4-6-8-14)18(21-2)11-13-9-15(19)12-16(20)10-13/h4-10,12,17-18,21H,3,11H2,1-2H3. The van der Waals surface area contributed by atoms with Crippen LogP contribution in [0.4, 0.5) is 4.39 Å². The molecule has 0 fully saturated rings. The van der Waals surface area contributed by atoms with Crippen molar-refractivity contribution < 1.29 is 4.39 Å². The molecule has 0 amide bonds. The molecule has 0 radical (unpaired) electrons. The van der Waals surface area contributed by atoms with Gasteiger partial charge in [0.2, 0.25) is 0 Å². The van der Waals surface area contributed by atoms with Gasteiger partial charge in [-0.15, -0.1) is 0 Å². The summed E-state index contributed by atoms with van der Waals surface area (Å²) in [7, 11) is 1.98. The summed E-state index contributed by atoms with van der Waals surface area (Å²) in [6.07, 6.45) is 1.85. The van der Waals surface area contributed by atoms with Crippen LogP contribution < -0.4 is 5.32 Å². The van der Waals surface area contributed by atoms with Gasteiger partial charge in [0.1, 0.15) is 5.82 Å². The Labute approximate surface area is 134 Å². The molecule has 2 aromatic rings. The minimum atomic E-state index is -0.193. The molecule has 2 atom stereocenters. The van der Waals surface area contributed by atoms with Gasteiger partial charge in [0.05, 0.1) is 0 Å². The second-order valence-corrected chi connectivity index (χ2v) is 6.22. The Morgan fingerprint density at radius 2 is 1.86 bits per heavy atom. The van der Waals surface area contributed by atoms with Crippen molar-refractivity contribution in [3.8, 4) is 0 Å². The minimum Gasteiger partial charge on any atom is -0.316 e. The number of hydrogen-bond donors (Lipinski definition) is 1. The second-order valence-electron chi connectivity index (χ2n) is 5.30. The molecule has 0 aliphatic carbocycles. The number of rotatable bonds is 6. The van der Waals surface area contributed by atoms with E-state index in [0.29, 0.717) is 5.92 Å². The van der Waals surface area contributed by atoms with Crippen molar-refractivity contribution >= 4 is 15.9 Å². The summed E-state index contributed by atoms with van der Waals surface area (Å²) in [6.45, 7) is 2.20. The Balaban J connectivity index is 2.21. The molecule has 0 saturated carbocycles. The molecule has 112 valence electrons. The average molecular weight is 350 g/mol. The van der Waals surface area contributed by atoms with Crippen LogP contribution in [0.25, 0.3) is 0 Å². The maximum Gasteiger partial charge on any atom is 0.124 e. The molecule has 0 spiro atoms. The highest BCUT2D eigenvalue weighted by Gasteiger charge is 2.20. The molecule has 0 bridgehead atoms. The lowest BCUT2D eigenvalue weighted by Gasteiger charge is -2.26. The van der Waals surface area contributed by atoms with Crippen LogP contribution in [0, 0.1) is 5.82 Å². The van der Waals surface area contributed by atoms with E-state index in [2.05, 4.69) is 52.4 Å². The highest BCUT2D eigenvalue weighted by atomic mass is 79.9. The summed E-state index contributed by atoms with van der Waals surface area (Å²) in [6, 6.07) is 15.9. The first kappa shape index (κ1) is 16.2. The first-order valence-corrected chi connectivity index (χ1v) is 8.10. The summed E-state index contributed by atoms with van der Waals surface area (Å²) in [4.78, 5) is 0. The number of halogens is 2. The van der Waals surface area contributed by atoms with Crippen LogP contribution in [0.1, 0.15) is 30.4 Å². The van der Waals surface area contributed by atoms with E-state index in [4.69, 9.17) is 0 Å². The van der Waals surface area contributed by atoms with Crippen molar-refractivity contribution in [2.75, 3.05) is 7.05 Å². The second kappa shape index (κ2) is 7.71. The lowest BCUT2D eigenvalue weighted by Crippen LogP contribution is -2.34. The van der Waals surface area contributed by atoms with Crippen molar-refractivity contribution in [1.82, 2.24) is 5.32 Å². The lowest BCUT2D eigenvalue weighted by molar-refractivity contribution is 0.447. The predicted octanol–water partition coefficient (Wildman–Crippen LogP) is 4.91. The molecule has 3 heteroatoms. The molecular weight excluding hydrogens is 329 g/mol. The first-order valence-electron chi connectivity index (χ1n) is 7.31. The van der Waals surface area contributed by atoms with Gasteiger partial charge in [-0.25, -0.2) is 4.39 Å². The van der Waals surface area contributed by atoms with Crippen LogP contribution in [-0.4, -0.2) is 13.1 Å². The summed E-state index contributed by atoms with van der Waals surface area (Å²) in [5.74, 6) is 0.222. The highest BCUT2D eigenvalue weighted by Crippen LogP contribution is 2.26. The summed E-state index contributed by atoms with van der Waals surface area (Å²) in [5.41, 5.74) is 2.34. The van der Waals surface area contributed by atoms with E-state index in [1.807, 2.05) is 19.2 Å². The smallest absolute Gasteiger partial charge is 0.124 e. The van der Waals surface area contributed by atoms with Gasteiger partial charge in [-0.2, -0.15) is 0 Å². The Morgan fingerprint density at radius 3 is 2.43 bits per heavy atom. The van der Waals surface area contributed by atoms with Crippen molar-refractivity contribution in [2.45, 2.75) is 31.7 Å². The topological polar surface area (TPSA) is 12.0 Å². The number of hydrogen-bond acceptors (Lipinski definition) is 1. The molecule has 2 aromatic carbocycles. The minimum absolute atomic E-state index is 0.193. The maximum absolute atomic E-state index is 13.5. The maximum atomic E-state index is 13.5. The van der Waals surface area contributed by atoms with Gasteiger partial charge < -0.3 is 5.32 Å². The van der Waals surface area contributed by atoms with Crippen molar-refractivity contribution in [3.05, 3.63) is 69.9 Å². The third-order valence-electron chi connectivity index (χ3n) is 3.90. The molecular formula is C18H21BrFN. The van der Waals surface area contributed by atoms with Crippen LogP contribution in [0.5, 0.6) is 0 Å². The van der Waals surface area contributed by atoms with Crippen LogP contribution in [0.3, 0.4) is 0 Å². The molecule has 21 heavy (non-hydrogen) atoms. The van der Waals surface area contributed by atoms with E-state index in [9.17, 15) is 4.39 Å². The van der Waals surface area contributed by atoms with E-state index in [1.165, 1.54) is 11.6 Å². The van der Waals surface area contributed by atoms with E-state index in [0.717, 1.165) is 22.9 Å². The number of likely N-dealkylation sites (N-methyl/N-ethyl adjacent to an activating group) is 1. The van der Waals surface area contributed by atoms with Gasteiger partial charge in [0.15, 0.2) is 0 Å². The molecule has 0 saturated heterocycles. The zero-order valence-corrected chi connectivity index (χ0v) is 14.0. The molecule has 0 aromatic heterocycles. The zero-order chi connectivity index (χ0) is 15.2. The highest BCUT2D eigenvalue weighted by molar-refractivity contribution is 9.10. The van der Waals surface area contributed by atoms with Gasteiger partial charge in [-0.1, -0.05) is 53.2 Å². The Bertz CT molecular complexity index is 550. The fraction of sp³-hybridized carbons (Fsp3) is 0.333. The number of nitrogens with one attached hydrogen (secondary N) is 1. The lowest BCUT2D eigenvalue weighted by atomic mass is 9.86. The predicted molar refractivity (Wildman–Crippen MR) is 90.1 cm³/mol. The van der Waals surface area contributed by atoms with Gasteiger partial charge in [0.25, 0.3) is 0 Å². The van der Waals surface area contributed by atoms with Gasteiger partial charge in [-0.05, 0) is 55.1 Å². The monoisotopic (exact) mass is 349 g/mol. The van der Waals surface area contributed by atoms with E-state index >= 15 is 0 Å². The average Bonchev–Trinajstić information content (AvgIpc) is 2.47. The molecule has 1 N–H and O–H groups in total. The summed E-state index contributed by atoms with van der Waals surface area (Å²) >= 11 is 3.36. The summed E-state index contributed by atoms with van der Waals surface area (Å²) < 4.78 is 14.3. The van der Waals surface area contributed by atoms with Crippen LogP contribution in [0.15, 0.2) is 53.0 Å². The first-order chi connectivity index (χ1) is 10.1. The largest absolute Gasteiger partial charge is 0.316 e. The molecule has 1 nitrogen and oxygen atoms in total. The van der Waals surface area contributed by atoms with Gasteiger partial charge in [0, 0.05) is 10.5 Å². The molecule has 0 aliphatic heterocycles. The number of benzene rings is 2. The van der Waals surface area contributed by atoms with Crippen LogP contribution in [0.2, 0.25) is 0 Å². The molecule has 2 unspecified atom stereocenters. The zero-order valence-electron chi connectivity index (χ0n) is 12.4. The van der Waals surface area contributed by atoms with Gasteiger partial charge >= 0.3 is 0 Å². The molecule has 0 heterocycles. The quantitative estimate of drug-likeness (QED) is 0.780. The fourth-order valence-electron chi connectivity index (χ4n) is 2.88. The Hall–Kier alpha value is -1.19. The van der Waals surface area contributed by atoms with Crippen LogP contribution in [-0.2, 0) is 6.42 Å². The van der Waals surface area contributed by atoms with Crippen molar-refractivity contribution in [3.63, 3.8) is 0 Å². The molecule has 0 aliphatic rings. The fourth-order valence-corrected chi connectivity index (χ4v) is 3.39. The summed E-state index contributed by atoms with van der Waals surface area (Å²) in [5, 5.41) is 3.40. The van der Waals surface area contributed by atoms with Crippen molar-refractivity contribution in [2.24, 2.45) is 0 Å². The van der Waals surface area contributed by atoms with E-state index in [1.54, 1.807) is 6.07 Å². The Kier molecular flexibility index (Phi) is 5.95. The van der Waals surface area contributed by atoms with Crippen molar-refractivity contribution in [1.29, 1.82) is 0 Å². The Morgan fingerprint density at radius 1 is 1.14 bits per heavy atom. The van der Waals surface area contributed by atoms with E-state index in [-0.39, 0.29) is 11.9 Å². The van der Waals surface area contributed by atoms with Crippen LogP contribution >= 0.6 is 15.9 Å². The third kappa shape index (κ3) is 4.39. The van der Waals surface area contributed by atoms with Gasteiger partial charge in [-0.3, -0.25) is 0 Å². The normalized spacial score (nSPS) is 13.9. The van der Waals surface area contributed by atoms with E-state index < -0.39 is 0 Å².